The van der Waals surface area contributed by atoms with Crippen LogP contribution < -0.4 is 0 Å². The number of rotatable bonds is 4. The lowest BCUT2D eigenvalue weighted by molar-refractivity contribution is -0.116. The van der Waals surface area contributed by atoms with Crippen LogP contribution in [-0.2, 0) is 10.2 Å². The standard InChI is InChI=1S/C16H18O4S/c1-11-5-3-7-13(9-11)15(17,18)21-16(19,20)14-8-4-6-12(2)10-14/h3-10,17-20H,1-2H3. The highest BCUT2D eigenvalue weighted by Gasteiger charge is 2.40. The van der Waals surface area contributed by atoms with Crippen molar-refractivity contribution < 1.29 is 20.4 Å². The van der Waals surface area contributed by atoms with Gasteiger partial charge in [0.1, 0.15) is 0 Å². The van der Waals surface area contributed by atoms with E-state index >= 15 is 0 Å². The second-order valence-electron chi connectivity index (χ2n) is 5.06. The van der Waals surface area contributed by atoms with Gasteiger partial charge in [-0.25, -0.2) is 0 Å². The smallest absolute Gasteiger partial charge is 0.246 e. The van der Waals surface area contributed by atoms with Gasteiger partial charge in [-0.05, 0) is 37.7 Å². The van der Waals surface area contributed by atoms with Crippen molar-refractivity contribution in [2.45, 2.75) is 24.1 Å². The van der Waals surface area contributed by atoms with Gasteiger partial charge in [0.25, 0.3) is 0 Å². The van der Waals surface area contributed by atoms with Crippen LogP contribution >= 0.6 is 11.8 Å². The average Bonchev–Trinajstić information content (AvgIpc) is 2.37. The minimum atomic E-state index is -2.42. The fourth-order valence-corrected chi connectivity index (χ4v) is 2.90. The maximum Gasteiger partial charge on any atom is 0.246 e. The second kappa shape index (κ2) is 5.79. The largest absolute Gasteiger partial charge is 0.353 e. The zero-order valence-corrected chi connectivity index (χ0v) is 12.6. The summed E-state index contributed by atoms with van der Waals surface area (Å²) < 4.78 is 0. The molecule has 0 fully saturated rings. The highest BCUT2D eigenvalue weighted by atomic mass is 32.2. The molecule has 0 amide bonds. The summed E-state index contributed by atoms with van der Waals surface area (Å²) in [6.45, 7) is 3.63. The van der Waals surface area contributed by atoms with Crippen LogP contribution in [-0.4, -0.2) is 20.4 Å². The molecule has 0 unspecified atom stereocenters. The minimum absolute atomic E-state index is 0.188. The maximum absolute atomic E-state index is 10.2. The number of hydrogen-bond donors (Lipinski definition) is 4. The normalized spacial score (nSPS) is 12.5. The van der Waals surface area contributed by atoms with Crippen molar-refractivity contribution in [3.8, 4) is 0 Å². The first kappa shape index (κ1) is 16.0. The summed E-state index contributed by atoms with van der Waals surface area (Å²) in [4.78, 5) is 0. The van der Waals surface area contributed by atoms with Gasteiger partial charge in [0.05, 0.1) is 0 Å². The summed E-state index contributed by atoms with van der Waals surface area (Å²) in [5.41, 5.74) is 2.07. The Hall–Kier alpha value is -1.37. The summed E-state index contributed by atoms with van der Waals surface area (Å²) in [5, 5.41) is 35.9. The van der Waals surface area contributed by atoms with E-state index in [1.54, 1.807) is 24.3 Å². The molecule has 0 saturated carbocycles. The summed E-state index contributed by atoms with van der Waals surface area (Å²) in [5.74, 6) is 0. The lowest BCUT2D eigenvalue weighted by atomic mass is 10.1. The SMILES string of the molecule is Cc1cccc(C(O)(O)SC(O)(O)c2cccc(C)c2)c1. The molecule has 0 radical (unpaired) electrons. The molecule has 2 aromatic carbocycles. The van der Waals surface area contributed by atoms with Crippen LogP contribution in [0.25, 0.3) is 0 Å². The van der Waals surface area contributed by atoms with Crippen LogP contribution in [0.2, 0.25) is 0 Å². The molecule has 0 spiro atoms. The molecule has 4 nitrogen and oxygen atoms in total. The van der Waals surface area contributed by atoms with Crippen LogP contribution in [0.15, 0.2) is 48.5 Å². The summed E-state index contributed by atoms with van der Waals surface area (Å²) >= 11 is 0.250. The Bertz CT molecular complexity index is 582. The third kappa shape index (κ3) is 3.84. The van der Waals surface area contributed by atoms with Gasteiger partial charge in [-0.2, -0.15) is 0 Å². The fourth-order valence-electron chi connectivity index (χ4n) is 2.01. The highest BCUT2D eigenvalue weighted by Crippen LogP contribution is 2.43. The topological polar surface area (TPSA) is 80.9 Å². The van der Waals surface area contributed by atoms with E-state index in [0.29, 0.717) is 0 Å². The first-order chi connectivity index (χ1) is 9.71. The monoisotopic (exact) mass is 306 g/mol. The molecule has 0 atom stereocenters. The Kier molecular flexibility index (Phi) is 4.41. The molecule has 2 aromatic rings. The molecule has 4 N–H and O–H groups in total. The van der Waals surface area contributed by atoms with Crippen LogP contribution in [0.4, 0.5) is 0 Å². The molecule has 0 aliphatic rings. The van der Waals surface area contributed by atoms with Gasteiger partial charge < -0.3 is 20.4 Å². The summed E-state index contributed by atoms with van der Waals surface area (Å²) in [7, 11) is 0. The average molecular weight is 306 g/mol. The van der Waals surface area contributed by atoms with Gasteiger partial charge in [-0.3, -0.25) is 0 Å². The number of hydrogen-bond acceptors (Lipinski definition) is 5. The molecular formula is C16H18O4S. The van der Waals surface area contributed by atoms with E-state index < -0.39 is 10.2 Å². The van der Waals surface area contributed by atoms with Crippen molar-refractivity contribution in [1.29, 1.82) is 0 Å². The Balaban J connectivity index is 2.30. The number of aliphatic hydroxyl groups is 4. The second-order valence-corrected chi connectivity index (χ2v) is 6.40. The first-order valence-electron chi connectivity index (χ1n) is 6.45. The third-order valence-corrected chi connectivity index (χ3v) is 4.11. The number of benzene rings is 2. The predicted molar refractivity (Wildman–Crippen MR) is 82.2 cm³/mol. The van der Waals surface area contributed by atoms with E-state index in [0.717, 1.165) is 11.1 Å². The van der Waals surface area contributed by atoms with Gasteiger partial charge in [-0.15, -0.1) is 0 Å². The van der Waals surface area contributed by atoms with Crippen molar-refractivity contribution in [2.75, 3.05) is 0 Å². The molecule has 0 aliphatic heterocycles. The molecule has 5 heteroatoms. The quantitative estimate of drug-likeness (QED) is 0.649. The number of aryl methyl sites for hydroxylation is 2. The number of thioether (sulfide) groups is 1. The van der Waals surface area contributed by atoms with Crippen molar-refractivity contribution in [3.63, 3.8) is 0 Å². The van der Waals surface area contributed by atoms with Gasteiger partial charge in [-0.1, -0.05) is 47.5 Å². The van der Waals surface area contributed by atoms with Crippen molar-refractivity contribution in [3.05, 3.63) is 70.8 Å². The molecule has 0 saturated heterocycles. The van der Waals surface area contributed by atoms with E-state index in [2.05, 4.69) is 0 Å². The van der Waals surface area contributed by atoms with Crippen molar-refractivity contribution >= 4 is 11.8 Å². The van der Waals surface area contributed by atoms with Gasteiger partial charge in [0.2, 0.25) is 10.2 Å². The van der Waals surface area contributed by atoms with Gasteiger partial charge in [0.15, 0.2) is 0 Å². The molecule has 21 heavy (non-hydrogen) atoms. The molecule has 112 valence electrons. The fraction of sp³-hybridized carbons (Fsp3) is 0.250. The first-order valence-corrected chi connectivity index (χ1v) is 7.26. The highest BCUT2D eigenvalue weighted by molar-refractivity contribution is 8.00. The molecule has 0 aromatic heterocycles. The van der Waals surface area contributed by atoms with E-state index in [1.807, 2.05) is 26.0 Å². The minimum Gasteiger partial charge on any atom is -0.353 e. The summed E-state index contributed by atoms with van der Waals surface area (Å²) in [6.07, 6.45) is 0. The lowest BCUT2D eigenvalue weighted by Crippen LogP contribution is -2.31. The zero-order chi connectivity index (χ0) is 15.7. The maximum atomic E-state index is 10.2. The van der Waals surface area contributed by atoms with E-state index in [1.165, 1.54) is 12.1 Å². The van der Waals surface area contributed by atoms with E-state index in [-0.39, 0.29) is 22.9 Å². The Morgan fingerprint density at radius 1 is 0.714 bits per heavy atom. The Morgan fingerprint density at radius 2 is 1.10 bits per heavy atom. The van der Waals surface area contributed by atoms with Crippen LogP contribution in [0.3, 0.4) is 0 Å². The van der Waals surface area contributed by atoms with Crippen LogP contribution in [0.5, 0.6) is 0 Å². The predicted octanol–water partition coefficient (Wildman–Crippen LogP) is 1.93. The lowest BCUT2D eigenvalue weighted by Gasteiger charge is -2.30. The zero-order valence-electron chi connectivity index (χ0n) is 11.8. The van der Waals surface area contributed by atoms with Gasteiger partial charge >= 0.3 is 0 Å². The Labute approximate surface area is 127 Å². The Morgan fingerprint density at radius 3 is 1.43 bits per heavy atom. The molecule has 2 rings (SSSR count). The van der Waals surface area contributed by atoms with Crippen molar-refractivity contribution in [1.82, 2.24) is 0 Å². The van der Waals surface area contributed by atoms with E-state index in [4.69, 9.17) is 0 Å². The van der Waals surface area contributed by atoms with Gasteiger partial charge in [0, 0.05) is 11.1 Å². The third-order valence-electron chi connectivity index (χ3n) is 3.07. The van der Waals surface area contributed by atoms with Crippen molar-refractivity contribution in [2.24, 2.45) is 0 Å². The molecule has 0 heterocycles. The van der Waals surface area contributed by atoms with Crippen LogP contribution in [0, 0.1) is 13.8 Å². The molecule has 0 bridgehead atoms. The van der Waals surface area contributed by atoms with Crippen LogP contribution in [0.1, 0.15) is 22.3 Å². The molecule has 0 aliphatic carbocycles. The van der Waals surface area contributed by atoms with E-state index in [9.17, 15) is 20.4 Å². The summed E-state index contributed by atoms with van der Waals surface area (Å²) in [6, 6.07) is 13.2. The molecular weight excluding hydrogens is 288 g/mol.